The molecule has 0 radical (unpaired) electrons. The highest BCUT2D eigenvalue weighted by molar-refractivity contribution is 7.94. The number of anilines is 3. The molecule has 0 saturated carbocycles. The van der Waals surface area contributed by atoms with Crippen LogP contribution in [0.5, 0.6) is 0 Å². The zero-order valence-corrected chi connectivity index (χ0v) is 19.2. The molecule has 2 aromatic carbocycles. The zero-order chi connectivity index (χ0) is 22.9. The summed E-state index contributed by atoms with van der Waals surface area (Å²) < 4.78 is 27.7. The number of amides is 2. The molecule has 1 saturated heterocycles. The van der Waals surface area contributed by atoms with Gasteiger partial charge in [-0.3, -0.25) is 19.6 Å². The molecule has 1 aliphatic heterocycles. The van der Waals surface area contributed by atoms with Crippen LogP contribution in [0.25, 0.3) is 0 Å². The Morgan fingerprint density at radius 1 is 1.19 bits per heavy atom. The van der Waals surface area contributed by atoms with Gasteiger partial charge in [0.15, 0.2) is 0 Å². The molecule has 0 atom stereocenters. The van der Waals surface area contributed by atoms with Crippen LogP contribution in [0.2, 0.25) is 5.02 Å². The number of hydrogen-bond acceptors (Lipinski definition) is 7. The van der Waals surface area contributed by atoms with Gasteiger partial charge in [0.05, 0.1) is 16.3 Å². The fourth-order valence-corrected chi connectivity index (χ4v) is 5.41. The number of benzene rings is 2. The summed E-state index contributed by atoms with van der Waals surface area (Å²) in [4.78, 5) is 26.1. The predicted molar refractivity (Wildman–Crippen MR) is 123 cm³/mol. The number of carbonyl (C=O) groups excluding carboxylic acids is 2. The first-order valence-corrected chi connectivity index (χ1v) is 12.3. The summed E-state index contributed by atoms with van der Waals surface area (Å²) in [6.07, 6.45) is 1.24. The highest BCUT2D eigenvalue weighted by Gasteiger charge is 2.25. The molecule has 9 nitrogen and oxygen atoms in total. The number of nitrogens with one attached hydrogen (secondary N) is 2. The average Bonchev–Trinajstić information content (AvgIpc) is 3.39. The van der Waals surface area contributed by atoms with Crippen LogP contribution in [-0.2, 0) is 14.8 Å². The van der Waals surface area contributed by atoms with E-state index < -0.39 is 15.9 Å². The van der Waals surface area contributed by atoms with E-state index in [9.17, 15) is 18.0 Å². The minimum Gasteiger partial charge on any atom is -0.312 e. The molecule has 2 heterocycles. The number of hydrogen-bond donors (Lipinski definition) is 2. The molecular formula is C20H18ClN5O4S2. The lowest BCUT2D eigenvalue weighted by Crippen LogP contribution is -2.24. The van der Waals surface area contributed by atoms with Crippen LogP contribution in [0.4, 0.5) is 16.5 Å². The molecule has 3 aromatic rings. The van der Waals surface area contributed by atoms with E-state index in [0.717, 1.165) is 12.0 Å². The molecule has 0 aliphatic carbocycles. The van der Waals surface area contributed by atoms with E-state index in [-0.39, 0.29) is 26.0 Å². The van der Waals surface area contributed by atoms with Crippen LogP contribution in [0, 0.1) is 6.92 Å². The first-order valence-electron chi connectivity index (χ1n) is 9.58. The number of carbonyl (C=O) groups is 2. The number of aromatic nitrogens is 2. The number of aryl methyl sites for hydroxylation is 1. The molecule has 2 amide bonds. The van der Waals surface area contributed by atoms with Gasteiger partial charge < -0.3 is 4.90 Å². The molecule has 0 unspecified atom stereocenters. The second-order valence-electron chi connectivity index (χ2n) is 7.06. The molecule has 1 fully saturated rings. The van der Waals surface area contributed by atoms with E-state index >= 15 is 0 Å². The normalized spacial score (nSPS) is 13.9. The second kappa shape index (κ2) is 8.85. The summed E-state index contributed by atoms with van der Waals surface area (Å²) in [5.74, 6) is -0.516. The first-order chi connectivity index (χ1) is 15.2. The Balaban J connectivity index is 1.51. The van der Waals surface area contributed by atoms with Gasteiger partial charge in [-0.2, -0.15) is 8.42 Å². The Morgan fingerprint density at radius 2 is 1.97 bits per heavy atom. The van der Waals surface area contributed by atoms with Gasteiger partial charge in [0, 0.05) is 18.7 Å². The van der Waals surface area contributed by atoms with Crippen molar-refractivity contribution in [2.24, 2.45) is 0 Å². The zero-order valence-electron chi connectivity index (χ0n) is 16.8. The quantitative estimate of drug-likeness (QED) is 0.507. The van der Waals surface area contributed by atoms with Crippen molar-refractivity contribution in [3.63, 3.8) is 0 Å². The third-order valence-corrected chi connectivity index (χ3v) is 7.72. The van der Waals surface area contributed by atoms with E-state index in [4.69, 9.17) is 11.6 Å². The largest absolute Gasteiger partial charge is 0.312 e. The van der Waals surface area contributed by atoms with Crippen molar-refractivity contribution in [3.05, 3.63) is 58.6 Å². The number of nitrogens with zero attached hydrogens (tertiary/aromatic N) is 3. The van der Waals surface area contributed by atoms with E-state index in [2.05, 4.69) is 20.2 Å². The molecule has 4 rings (SSSR count). The van der Waals surface area contributed by atoms with Crippen molar-refractivity contribution in [2.75, 3.05) is 21.5 Å². The fraction of sp³-hybridized carbons (Fsp3) is 0.200. The maximum absolute atomic E-state index is 12.8. The molecule has 32 heavy (non-hydrogen) atoms. The molecular weight excluding hydrogens is 474 g/mol. The smallest absolute Gasteiger partial charge is 0.291 e. The van der Waals surface area contributed by atoms with Gasteiger partial charge in [0.25, 0.3) is 20.3 Å². The van der Waals surface area contributed by atoms with Crippen LogP contribution < -0.4 is 14.9 Å². The summed E-state index contributed by atoms with van der Waals surface area (Å²) >= 11 is 6.72. The van der Waals surface area contributed by atoms with Gasteiger partial charge in [-0.15, -0.1) is 10.2 Å². The van der Waals surface area contributed by atoms with Gasteiger partial charge in [0.1, 0.15) is 0 Å². The Morgan fingerprint density at radius 3 is 2.69 bits per heavy atom. The van der Waals surface area contributed by atoms with Gasteiger partial charge >= 0.3 is 0 Å². The molecule has 1 aliphatic rings. The van der Waals surface area contributed by atoms with E-state index in [1.807, 2.05) is 6.92 Å². The SMILES string of the molecule is Cc1ccc(NS(=O)(=O)c2nnc(NC(=O)c3ccccc3Cl)s2)cc1N1CCCC1=O. The summed E-state index contributed by atoms with van der Waals surface area (Å²) in [6, 6.07) is 11.4. The summed E-state index contributed by atoms with van der Waals surface area (Å²) in [5.41, 5.74) is 2.05. The molecule has 0 bridgehead atoms. The van der Waals surface area contributed by atoms with Gasteiger partial charge in [0.2, 0.25) is 11.0 Å². The van der Waals surface area contributed by atoms with E-state index in [1.165, 1.54) is 6.07 Å². The molecule has 2 N–H and O–H groups in total. The average molecular weight is 492 g/mol. The van der Waals surface area contributed by atoms with Gasteiger partial charge in [-0.25, -0.2) is 0 Å². The van der Waals surface area contributed by atoms with Crippen molar-refractivity contribution < 1.29 is 18.0 Å². The maximum Gasteiger partial charge on any atom is 0.291 e. The lowest BCUT2D eigenvalue weighted by Gasteiger charge is -2.19. The van der Waals surface area contributed by atoms with Crippen molar-refractivity contribution in [2.45, 2.75) is 24.1 Å². The van der Waals surface area contributed by atoms with Crippen molar-refractivity contribution in [1.29, 1.82) is 0 Å². The minimum atomic E-state index is -4.05. The standard InChI is InChI=1S/C20H18ClN5O4S2/c1-12-8-9-13(11-16(12)26-10-4-7-17(26)27)25-32(29,30)20-24-23-19(31-20)22-18(28)14-5-2-3-6-15(14)21/h2-3,5-6,8-9,11,25H,4,7,10H2,1H3,(H,22,23,28). The van der Waals surface area contributed by atoms with E-state index in [0.29, 0.717) is 35.7 Å². The lowest BCUT2D eigenvalue weighted by atomic mass is 10.1. The van der Waals surface area contributed by atoms with Crippen LogP contribution in [0.3, 0.4) is 0 Å². The van der Waals surface area contributed by atoms with Crippen molar-refractivity contribution in [3.8, 4) is 0 Å². The first kappa shape index (κ1) is 22.2. The predicted octanol–water partition coefficient (Wildman–Crippen LogP) is 3.68. The van der Waals surface area contributed by atoms with Crippen LogP contribution in [0.15, 0.2) is 46.8 Å². The van der Waals surface area contributed by atoms with Crippen LogP contribution >= 0.6 is 22.9 Å². The third-order valence-electron chi connectivity index (χ3n) is 4.80. The Labute approximate surface area is 193 Å². The second-order valence-corrected chi connectivity index (χ2v) is 10.3. The Bertz CT molecular complexity index is 1310. The minimum absolute atomic E-state index is 0.0103. The number of rotatable bonds is 6. The summed E-state index contributed by atoms with van der Waals surface area (Å²) in [5, 5.41) is 10.2. The molecule has 12 heteroatoms. The highest BCUT2D eigenvalue weighted by atomic mass is 35.5. The third kappa shape index (κ3) is 4.59. The Hall–Kier alpha value is -3.02. The number of sulfonamides is 1. The Kier molecular flexibility index (Phi) is 6.13. The molecule has 0 spiro atoms. The summed E-state index contributed by atoms with van der Waals surface area (Å²) in [6.45, 7) is 2.46. The van der Waals surface area contributed by atoms with Gasteiger partial charge in [-0.05, 0) is 43.2 Å². The molecule has 1 aromatic heterocycles. The maximum atomic E-state index is 12.8. The monoisotopic (exact) mass is 491 g/mol. The topological polar surface area (TPSA) is 121 Å². The van der Waals surface area contributed by atoms with Gasteiger partial charge in [-0.1, -0.05) is 41.1 Å². The summed E-state index contributed by atoms with van der Waals surface area (Å²) in [7, 11) is -4.05. The fourth-order valence-electron chi connectivity index (χ4n) is 3.24. The lowest BCUT2D eigenvalue weighted by molar-refractivity contribution is -0.117. The van der Waals surface area contributed by atoms with Crippen molar-refractivity contribution in [1.82, 2.24) is 10.2 Å². The van der Waals surface area contributed by atoms with Crippen LogP contribution in [0.1, 0.15) is 28.8 Å². The van der Waals surface area contributed by atoms with E-state index in [1.54, 1.807) is 41.3 Å². The van der Waals surface area contributed by atoms with Crippen LogP contribution in [-0.4, -0.2) is 37.0 Å². The molecule has 166 valence electrons. The number of halogens is 1. The van der Waals surface area contributed by atoms with Crippen molar-refractivity contribution >= 4 is 61.3 Å². The highest BCUT2D eigenvalue weighted by Crippen LogP contribution is 2.30.